The third-order valence-corrected chi connectivity index (χ3v) is 2.67. The summed E-state index contributed by atoms with van der Waals surface area (Å²) in [6, 6.07) is 7.86. The molecule has 0 saturated carbocycles. The highest BCUT2D eigenvalue weighted by Crippen LogP contribution is 2.24. The number of benzene rings is 1. The monoisotopic (exact) mass is 216 g/mol. The number of para-hydroxylation sites is 1. The molecule has 1 aromatic carbocycles. The Labute approximate surface area is 94.4 Å². The SMILES string of the molecule is C=Cc1nc2c(Cl)cccc2cc1[CH]C. The molecule has 0 aliphatic carbocycles. The third kappa shape index (κ3) is 1.75. The van der Waals surface area contributed by atoms with Gasteiger partial charge in [-0.3, -0.25) is 0 Å². The van der Waals surface area contributed by atoms with Crippen LogP contribution in [0.4, 0.5) is 0 Å². The zero-order chi connectivity index (χ0) is 10.8. The third-order valence-electron chi connectivity index (χ3n) is 2.36. The van der Waals surface area contributed by atoms with Crippen molar-refractivity contribution < 1.29 is 0 Å². The number of nitrogens with zero attached hydrogens (tertiary/aromatic N) is 1. The number of hydrogen-bond donors (Lipinski definition) is 0. The van der Waals surface area contributed by atoms with Crippen molar-refractivity contribution in [1.29, 1.82) is 0 Å². The molecule has 1 aromatic heterocycles. The fraction of sp³-hybridized carbons (Fsp3) is 0.0769. The van der Waals surface area contributed by atoms with Crippen LogP contribution in [0.5, 0.6) is 0 Å². The molecule has 0 N–H and O–H groups in total. The highest BCUT2D eigenvalue weighted by Gasteiger charge is 2.05. The molecular formula is C13H11ClN. The molecule has 2 aromatic rings. The number of hydrogen-bond acceptors (Lipinski definition) is 1. The lowest BCUT2D eigenvalue weighted by atomic mass is 10.1. The van der Waals surface area contributed by atoms with E-state index in [2.05, 4.69) is 17.6 Å². The minimum atomic E-state index is 0.679. The maximum Gasteiger partial charge on any atom is 0.0895 e. The lowest BCUT2D eigenvalue weighted by Gasteiger charge is -2.06. The molecule has 1 heterocycles. The first-order chi connectivity index (χ1) is 7.26. The second-order valence-corrected chi connectivity index (χ2v) is 3.67. The van der Waals surface area contributed by atoms with Gasteiger partial charge in [0.15, 0.2) is 0 Å². The second kappa shape index (κ2) is 4.03. The molecule has 0 unspecified atom stereocenters. The van der Waals surface area contributed by atoms with Crippen LogP contribution in [0.15, 0.2) is 30.8 Å². The van der Waals surface area contributed by atoms with Crippen molar-refractivity contribution in [3.05, 3.63) is 53.5 Å². The summed E-state index contributed by atoms with van der Waals surface area (Å²) in [5, 5.41) is 1.74. The van der Waals surface area contributed by atoms with Gasteiger partial charge in [-0.2, -0.15) is 0 Å². The van der Waals surface area contributed by atoms with Gasteiger partial charge in [-0.05, 0) is 30.2 Å². The van der Waals surface area contributed by atoms with Gasteiger partial charge in [-0.1, -0.05) is 37.2 Å². The van der Waals surface area contributed by atoms with E-state index in [4.69, 9.17) is 11.6 Å². The van der Waals surface area contributed by atoms with Gasteiger partial charge in [0.2, 0.25) is 0 Å². The molecule has 15 heavy (non-hydrogen) atoms. The zero-order valence-electron chi connectivity index (χ0n) is 8.50. The Morgan fingerprint density at radius 2 is 2.20 bits per heavy atom. The average molecular weight is 217 g/mol. The Balaban J connectivity index is 2.81. The largest absolute Gasteiger partial charge is 0.247 e. The smallest absolute Gasteiger partial charge is 0.0895 e. The van der Waals surface area contributed by atoms with Crippen LogP contribution < -0.4 is 0 Å². The van der Waals surface area contributed by atoms with E-state index in [0.717, 1.165) is 22.2 Å². The summed E-state index contributed by atoms with van der Waals surface area (Å²) >= 11 is 6.07. The molecule has 0 fully saturated rings. The second-order valence-electron chi connectivity index (χ2n) is 3.27. The highest BCUT2D eigenvalue weighted by atomic mass is 35.5. The molecule has 0 amide bonds. The van der Waals surface area contributed by atoms with E-state index < -0.39 is 0 Å². The number of rotatable bonds is 2. The molecule has 2 rings (SSSR count). The summed E-state index contributed by atoms with van der Waals surface area (Å²) in [6.45, 7) is 5.74. The minimum Gasteiger partial charge on any atom is -0.247 e. The Morgan fingerprint density at radius 3 is 2.87 bits per heavy atom. The summed E-state index contributed by atoms with van der Waals surface area (Å²) in [5.74, 6) is 0. The van der Waals surface area contributed by atoms with E-state index in [1.54, 1.807) is 6.08 Å². The van der Waals surface area contributed by atoms with Crippen LogP contribution in [0.1, 0.15) is 18.2 Å². The quantitative estimate of drug-likeness (QED) is 0.737. The molecule has 0 saturated heterocycles. The molecule has 75 valence electrons. The first kappa shape index (κ1) is 10.2. The molecule has 0 aliphatic rings. The fourth-order valence-electron chi connectivity index (χ4n) is 1.59. The van der Waals surface area contributed by atoms with Crippen molar-refractivity contribution in [1.82, 2.24) is 4.98 Å². The molecule has 1 radical (unpaired) electrons. The van der Waals surface area contributed by atoms with Gasteiger partial charge >= 0.3 is 0 Å². The molecule has 0 aliphatic heterocycles. The zero-order valence-corrected chi connectivity index (χ0v) is 9.25. The maximum atomic E-state index is 6.07. The van der Waals surface area contributed by atoms with Crippen LogP contribution in [0.25, 0.3) is 17.0 Å². The van der Waals surface area contributed by atoms with E-state index in [1.807, 2.05) is 31.5 Å². The molecule has 1 nitrogen and oxygen atoms in total. The van der Waals surface area contributed by atoms with Crippen molar-refractivity contribution in [3.63, 3.8) is 0 Å². The van der Waals surface area contributed by atoms with Crippen LogP contribution in [-0.2, 0) is 0 Å². The lowest BCUT2D eigenvalue weighted by molar-refractivity contribution is 1.29. The number of fused-ring (bicyclic) bond motifs is 1. The molecule has 0 spiro atoms. The molecule has 0 atom stereocenters. The highest BCUT2D eigenvalue weighted by molar-refractivity contribution is 6.35. The van der Waals surface area contributed by atoms with Gasteiger partial charge in [0.1, 0.15) is 0 Å². The Bertz CT molecular complexity index is 517. The first-order valence-corrected chi connectivity index (χ1v) is 5.15. The summed E-state index contributed by atoms with van der Waals surface area (Å²) in [4.78, 5) is 4.48. The van der Waals surface area contributed by atoms with E-state index in [1.165, 1.54) is 0 Å². The molecular weight excluding hydrogens is 206 g/mol. The molecule has 2 heteroatoms. The van der Waals surface area contributed by atoms with Crippen LogP contribution in [-0.4, -0.2) is 4.98 Å². The predicted molar refractivity (Wildman–Crippen MR) is 65.9 cm³/mol. The van der Waals surface area contributed by atoms with Crippen LogP contribution in [0.3, 0.4) is 0 Å². The summed E-state index contributed by atoms with van der Waals surface area (Å²) in [7, 11) is 0. The van der Waals surface area contributed by atoms with E-state index in [0.29, 0.717) is 5.02 Å². The lowest BCUT2D eigenvalue weighted by Crippen LogP contribution is -1.91. The predicted octanol–water partition coefficient (Wildman–Crippen LogP) is 4.10. The molecule has 0 bridgehead atoms. The van der Waals surface area contributed by atoms with E-state index in [-0.39, 0.29) is 0 Å². The van der Waals surface area contributed by atoms with Gasteiger partial charge < -0.3 is 0 Å². The van der Waals surface area contributed by atoms with Gasteiger partial charge in [0.25, 0.3) is 0 Å². The average Bonchev–Trinajstić information content (AvgIpc) is 2.28. The van der Waals surface area contributed by atoms with Gasteiger partial charge in [0, 0.05) is 5.39 Å². The van der Waals surface area contributed by atoms with Crippen LogP contribution in [0.2, 0.25) is 5.02 Å². The standard InChI is InChI=1S/C13H11ClN/c1-3-9-8-10-6-5-7-11(14)13(10)15-12(9)4-2/h3-8H,2H2,1H3. The first-order valence-electron chi connectivity index (χ1n) is 4.77. The van der Waals surface area contributed by atoms with Gasteiger partial charge in [-0.15, -0.1) is 0 Å². The van der Waals surface area contributed by atoms with Gasteiger partial charge in [0.05, 0.1) is 16.2 Å². The van der Waals surface area contributed by atoms with E-state index >= 15 is 0 Å². The minimum absolute atomic E-state index is 0.679. The van der Waals surface area contributed by atoms with Crippen molar-refractivity contribution >= 4 is 28.6 Å². The maximum absolute atomic E-state index is 6.07. The van der Waals surface area contributed by atoms with Crippen molar-refractivity contribution in [2.75, 3.05) is 0 Å². The Kier molecular flexibility index (Phi) is 2.74. The fourth-order valence-corrected chi connectivity index (χ4v) is 1.81. The van der Waals surface area contributed by atoms with Crippen LogP contribution >= 0.6 is 11.6 Å². The van der Waals surface area contributed by atoms with Crippen molar-refractivity contribution in [2.24, 2.45) is 0 Å². The van der Waals surface area contributed by atoms with Crippen LogP contribution in [0, 0.1) is 6.42 Å². The Morgan fingerprint density at radius 1 is 1.40 bits per heavy atom. The summed E-state index contributed by atoms with van der Waals surface area (Å²) in [6.07, 6.45) is 3.77. The number of pyridine rings is 1. The number of aromatic nitrogens is 1. The summed E-state index contributed by atoms with van der Waals surface area (Å²) in [5.41, 5.74) is 2.79. The topological polar surface area (TPSA) is 12.9 Å². The normalized spacial score (nSPS) is 10.5. The number of halogens is 1. The van der Waals surface area contributed by atoms with Crippen molar-refractivity contribution in [2.45, 2.75) is 6.92 Å². The Hall–Kier alpha value is -1.34. The van der Waals surface area contributed by atoms with E-state index in [9.17, 15) is 0 Å². The van der Waals surface area contributed by atoms with Gasteiger partial charge in [-0.25, -0.2) is 4.98 Å². The van der Waals surface area contributed by atoms with Crippen molar-refractivity contribution in [3.8, 4) is 0 Å². The summed E-state index contributed by atoms with van der Waals surface area (Å²) < 4.78 is 0.